The molecule has 0 radical (unpaired) electrons. The highest BCUT2D eigenvalue weighted by molar-refractivity contribution is 5.96. The van der Waals surface area contributed by atoms with E-state index in [2.05, 4.69) is 20.9 Å². The molecule has 1 aliphatic carbocycles. The lowest BCUT2D eigenvalue weighted by Gasteiger charge is -2.36. The van der Waals surface area contributed by atoms with Crippen LogP contribution in [-0.2, 0) is 9.53 Å². The summed E-state index contributed by atoms with van der Waals surface area (Å²) in [6.45, 7) is 5.07. The minimum atomic E-state index is -0.809. The number of nitrogens with one attached hydrogen (secondary N) is 3. The molecule has 0 unspecified atom stereocenters. The first-order valence-electron chi connectivity index (χ1n) is 10.4. The molecule has 154 valence electrons. The third-order valence-electron chi connectivity index (χ3n) is 5.57. The molecule has 0 spiro atoms. The third kappa shape index (κ3) is 5.94. The van der Waals surface area contributed by atoms with E-state index < -0.39 is 5.54 Å². The Labute approximate surface area is 167 Å². The molecule has 3 N–H and O–H groups in total. The van der Waals surface area contributed by atoms with Gasteiger partial charge in [0.1, 0.15) is 5.54 Å². The van der Waals surface area contributed by atoms with Gasteiger partial charge >= 0.3 is 6.03 Å². The van der Waals surface area contributed by atoms with Crippen molar-refractivity contribution in [3.05, 3.63) is 30.3 Å². The fourth-order valence-corrected chi connectivity index (χ4v) is 3.96. The molecule has 1 saturated carbocycles. The van der Waals surface area contributed by atoms with E-state index in [1.807, 2.05) is 30.3 Å². The summed E-state index contributed by atoms with van der Waals surface area (Å²) in [5.74, 6) is -0.0580. The van der Waals surface area contributed by atoms with Crippen molar-refractivity contribution in [3.8, 4) is 0 Å². The van der Waals surface area contributed by atoms with Crippen LogP contribution in [0.25, 0.3) is 0 Å². The van der Waals surface area contributed by atoms with Gasteiger partial charge in [-0.05, 0) is 37.9 Å². The number of carbonyl (C=O) groups is 2. The second-order valence-electron chi connectivity index (χ2n) is 7.65. The largest absolute Gasteiger partial charge is 0.379 e. The molecule has 3 rings (SSSR count). The lowest BCUT2D eigenvalue weighted by Crippen LogP contribution is -2.60. The first kappa shape index (κ1) is 20.6. The van der Waals surface area contributed by atoms with Crippen molar-refractivity contribution in [3.63, 3.8) is 0 Å². The molecule has 1 aliphatic heterocycles. The highest BCUT2D eigenvalue weighted by Gasteiger charge is 2.40. The van der Waals surface area contributed by atoms with Crippen molar-refractivity contribution in [1.82, 2.24) is 15.5 Å². The summed E-state index contributed by atoms with van der Waals surface area (Å²) < 4.78 is 5.36. The number of ether oxygens (including phenoxy) is 1. The Morgan fingerprint density at radius 3 is 2.46 bits per heavy atom. The summed E-state index contributed by atoms with van der Waals surface area (Å²) in [5.41, 5.74) is -0.0901. The molecule has 0 aromatic heterocycles. The van der Waals surface area contributed by atoms with Crippen molar-refractivity contribution >= 4 is 17.6 Å². The maximum Gasteiger partial charge on any atom is 0.320 e. The van der Waals surface area contributed by atoms with Crippen LogP contribution in [0.2, 0.25) is 0 Å². The van der Waals surface area contributed by atoms with Gasteiger partial charge in [-0.1, -0.05) is 37.5 Å². The predicted molar refractivity (Wildman–Crippen MR) is 109 cm³/mol. The highest BCUT2D eigenvalue weighted by atomic mass is 16.5. The molecule has 1 aromatic rings. The summed E-state index contributed by atoms with van der Waals surface area (Å²) in [6.07, 6.45) is 5.28. The van der Waals surface area contributed by atoms with Crippen LogP contribution in [0.5, 0.6) is 0 Å². The fourth-order valence-electron chi connectivity index (χ4n) is 3.96. The van der Waals surface area contributed by atoms with Gasteiger partial charge in [0.05, 0.1) is 13.2 Å². The van der Waals surface area contributed by atoms with Crippen molar-refractivity contribution in [1.29, 1.82) is 0 Å². The molecule has 2 fully saturated rings. The molecule has 28 heavy (non-hydrogen) atoms. The van der Waals surface area contributed by atoms with Crippen LogP contribution in [0, 0.1) is 0 Å². The molecule has 1 heterocycles. The van der Waals surface area contributed by atoms with Crippen LogP contribution >= 0.6 is 0 Å². The molecular formula is C21H32N4O3. The van der Waals surface area contributed by atoms with Crippen molar-refractivity contribution in [2.45, 2.75) is 44.1 Å². The summed E-state index contributed by atoms with van der Waals surface area (Å²) in [7, 11) is 0. The molecule has 1 aromatic carbocycles. The molecule has 7 nitrogen and oxygen atoms in total. The molecule has 0 bridgehead atoms. The van der Waals surface area contributed by atoms with Crippen LogP contribution in [0.15, 0.2) is 30.3 Å². The van der Waals surface area contributed by atoms with E-state index in [-0.39, 0.29) is 11.9 Å². The molecule has 1 saturated heterocycles. The summed E-state index contributed by atoms with van der Waals surface area (Å²) in [6, 6.07) is 8.98. The van der Waals surface area contributed by atoms with Crippen LogP contribution < -0.4 is 16.0 Å². The van der Waals surface area contributed by atoms with Crippen molar-refractivity contribution in [2.75, 3.05) is 44.7 Å². The minimum Gasteiger partial charge on any atom is -0.379 e. The van der Waals surface area contributed by atoms with Gasteiger partial charge in [0, 0.05) is 25.3 Å². The Hall–Kier alpha value is -2.12. The average molecular weight is 389 g/mol. The average Bonchev–Trinajstić information content (AvgIpc) is 2.73. The third-order valence-corrected chi connectivity index (χ3v) is 5.57. The molecule has 3 amide bonds. The number of rotatable bonds is 7. The van der Waals surface area contributed by atoms with Gasteiger partial charge in [-0.25, -0.2) is 4.79 Å². The normalized spacial score (nSPS) is 19.6. The number of nitrogens with zero attached hydrogens (tertiary/aromatic N) is 1. The number of hydrogen-bond donors (Lipinski definition) is 3. The van der Waals surface area contributed by atoms with Crippen LogP contribution in [0.3, 0.4) is 0 Å². The lowest BCUT2D eigenvalue weighted by atomic mass is 9.81. The molecular weight excluding hydrogens is 356 g/mol. The topological polar surface area (TPSA) is 82.7 Å². The number of anilines is 1. The van der Waals surface area contributed by atoms with Gasteiger partial charge in [-0.2, -0.15) is 0 Å². The zero-order chi connectivity index (χ0) is 19.7. The van der Waals surface area contributed by atoms with E-state index in [9.17, 15) is 9.59 Å². The number of para-hydroxylation sites is 1. The number of amides is 3. The monoisotopic (exact) mass is 388 g/mol. The van der Waals surface area contributed by atoms with Crippen molar-refractivity contribution in [2.24, 2.45) is 0 Å². The molecule has 7 heteroatoms. The van der Waals surface area contributed by atoms with Gasteiger partial charge in [0.15, 0.2) is 0 Å². The Bertz CT molecular complexity index is 626. The van der Waals surface area contributed by atoms with E-state index >= 15 is 0 Å². The minimum absolute atomic E-state index is 0.0580. The van der Waals surface area contributed by atoms with Crippen LogP contribution in [-0.4, -0.2) is 61.8 Å². The zero-order valence-corrected chi connectivity index (χ0v) is 16.5. The first-order valence-corrected chi connectivity index (χ1v) is 10.4. The first-order chi connectivity index (χ1) is 13.7. The van der Waals surface area contributed by atoms with Gasteiger partial charge in [0.2, 0.25) is 5.91 Å². The van der Waals surface area contributed by atoms with E-state index in [4.69, 9.17) is 4.74 Å². The Balaban J connectivity index is 1.49. The SMILES string of the molecule is O=C(Nc1ccccc1)NC1(C(=O)NCCCN2CCOCC2)CCCCC1. The molecule has 0 atom stereocenters. The van der Waals surface area contributed by atoms with Crippen molar-refractivity contribution < 1.29 is 14.3 Å². The standard InChI is InChI=1S/C21H32N4O3/c26-19(22-12-7-13-25-14-16-28-17-15-25)21(10-5-2-6-11-21)24-20(27)23-18-8-3-1-4-9-18/h1,3-4,8-9H,2,5-7,10-17H2,(H,22,26)(H2,23,24,27). The summed E-state index contributed by atoms with van der Waals surface area (Å²) >= 11 is 0. The number of hydrogen-bond acceptors (Lipinski definition) is 4. The van der Waals surface area contributed by atoms with E-state index in [0.717, 1.165) is 64.2 Å². The second kappa shape index (κ2) is 10.4. The summed E-state index contributed by atoms with van der Waals surface area (Å²) in [4.78, 5) is 27.8. The zero-order valence-electron chi connectivity index (χ0n) is 16.5. The maximum atomic E-state index is 13.0. The Morgan fingerprint density at radius 1 is 1.04 bits per heavy atom. The molecule has 2 aliphatic rings. The number of carbonyl (C=O) groups excluding carboxylic acids is 2. The van der Waals surface area contributed by atoms with E-state index in [1.54, 1.807) is 0 Å². The second-order valence-corrected chi connectivity index (χ2v) is 7.65. The predicted octanol–water partition coefficient (Wildman–Crippen LogP) is 2.35. The van der Waals surface area contributed by atoms with Crippen LogP contribution in [0.1, 0.15) is 38.5 Å². The number of benzene rings is 1. The van der Waals surface area contributed by atoms with E-state index in [0.29, 0.717) is 19.4 Å². The van der Waals surface area contributed by atoms with Gasteiger partial charge in [0.25, 0.3) is 0 Å². The van der Waals surface area contributed by atoms with Gasteiger partial charge in [-0.15, -0.1) is 0 Å². The van der Waals surface area contributed by atoms with Gasteiger partial charge < -0.3 is 20.7 Å². The quantitative estimate of drug-likeness (QED) is 0.626. The number of morpholine rings is 1. The van der Waals surface area contributed by atoms with Crippen LogP contribution in [0.4, 0.5) is 10.5 Å². The smallest absolute Gasteiger partial charge is 0.320 e. The fraction of sp³-hybridized carbons (Fsp3) is 0.619. The Morgan fingerprint density at radius 2 is 1.75 bits per heavy atom. The Kier molecular flexibility index (Phi) is 7.68. The van der Waals surface area contributed by atoms with Gasteiger partial charge in [-0.3, -0.25) is 9.69 Å². The van der Waals surface area contributed by atoms with E-state index in [1.165, 1.54) is 0 Å². The summed E-state index contributed by atoms with van der Waals surface area (Å²) in [5, 5.41) is 8.88. The lowest BCUT2D eigenvalue weighted by molar-refractivity contribution is -0.128. The maximum absolute atomic E-state index is 13.0. The number of urea groups is 1. The highest BCUT2D eigenvalue weighted by Crippen LogP contribution is 2.28.